The molecular formula is C48H54O5. The summed E-state index contributed by atoms with van der Waals surface area (Å²) in [6.45, 7) is 2.18. The molecule has 0 radical (unpaired) electrons. The summed E-state index contributed by atoms with van der Waals surface area (Å²) >= 11 is 0. The predicted molar refractivity (Wildman–Crippen MR) is 212 cm³/mol. The van der Waals surface area contributed by atoms with Gasteiger partial charge in [-0.3, -0.25) is 24.0 Å². The zero-order chi connectivity index (χ0) is 37.4. The third-order valence-corrected chi connectivity index (χ3v) is 10.4. The number of carbonyl (C=O) groups excluding carboxylic acids is 5. The van der Waals surface area contributed by atoms with Crippen LogP contribution in [0.3, 0.4) is 0 Å². The molecular weight excluding hydrogens is 657 g/mol. The first-order chi connectivity index (χ1) is 25.7. The highest BCUT2D eigenvalue weighted by Gasteiger charge is 2.19. The van der Waals surface area contributed by atoms with Crippen LogP contribution < -0.4 is 0 Å². The van der Waals surface area contributed by atoms with Crippen molar-refractivity contribution in [2.75, 3.05) is 0 Å². The lowest BCUT2D eigenvalue weighted by Gasteiger charge is -2.09. The average molecular weight is 711 g/mol. The molecule has 0 amide bonds. The molecule has 1 fully saturated rings. The van der Waals surface area contributed by atoms with Gasteiger partial charge in [0, 0.05) is 62.5 Å². The van der Waals surface area contributed by atoms with E-state index in [0.717, 1.165) is 59.1 Å². The highest BCUT2D eigenvalue weighted by atomic mass is 16.1. The van der Waals surface area contributed by atoms with Crippen LogP contribution in [0.1, 0.15) is 132 Å². The van der Waals surface area contributed by atoms with Gasteiger partial charge in [-0.2, -0.15) is 0 Å². The highest BCUT2D eigenvalue weighted by molar-refractivity contribution is 5.99. The summed E-state index contributed by atoms with van der Waals surface area (Å²) in [6.07, 6.45) is 13.2. The van der Waals surface area contributed by atoms with Crippen LogP contribution in [0.4, 0.5) is 0 Å². The number of rotatable bonds is 22. The molecule has 0 saturated heterocycles. The van der Waals surface area contributed by atoms with Crippen molar-refractivity contribution in [3.63, 3.8) is 0 Å². The van der Waals surface area contributed by atoms with Gasteiger partial charge in [0.25, 0.3) is 0 Å². The maximum Gasteiger partial charge on any atom is 0.167 e. The van der Waals surface area contributed by atoms with Crippen LogP contribution in [0.15, 0.2) is 97.1 Å². The minimum atomic E-state index is -0.0360. The van der Waals surface area contributed by atoms with Crippen LogP contribution in [0.25, 0.3) is 0 Å². The second kappa shape index (κ2) is 20.5. The predicted octanol–water partition coefficient (Wildman–Crippen LogP) is 10.1. The summed E-state index contributed by atoms with van der Waals surface area (Å²) in [6, 6.07) is 30.0. The molecule has 0 aliphatic heterocycles. The monoisotopic (exact) mass is 710 g/mol. The molecule has 5 rings (SSSR count). The molecule has 53 heavy (non-hydrogen) atoms. The molecule has 0 N–H and O–H groups in total. The van der Waals surface area contributed by atoms with E-state index in [4.69, 9.17) is 0 Å². The Morgan fingerprint density at radius 2 is 0.887 bits per heavy atom. The Balaban J connectivity index is 1.10. The van der Waals surface area contributed by atoms with Crippen molar-refractivity contribution in [2.24, 2.45) is 5.92 Å². The second-order valence-electron chi connectivity index (χ2n) is 15.1. The molecule has 0 spiro atoms. The number of hydrogen-bond donors (Lipinski definition) is 0. The quantitative estimate of drug-likeness (QED) is 0.0599. The molecule has 0 unspecified atom stereocenters. The van der Waals surface area contributed by atoms with E-state index < -0.39 is 0 Å². The zero-order valence-electron chi connectivity index (χ0n) is 31.4. The van der Waals surface area contributed by atoms with E-state index in [0.29, 0.717) is 42.7 Å². The minimum Gasteiger partial charge on any atom is -0.299 e. The van der Waals surface area contributed by atoms with E-state index in [9.17, 15) is 24.0 Å². The van der Waals surface area contributed by atoms with Gasteiger partial charge in [0.1, 0.15) is 17.3 Å². The van der Waals surface area contributed by atoms with Crippen molar-refractivity contribution < 1.29 is 24.0 Å². The second-order valence-corrected chi connectivity index (χ2v) is 15.1. The molecule has 0 aromatic heterocycles. The lowest BCUT2D eigenvalue weighted by Crippen LogP contribution is -2.10. The molecule has 5 nitrogen and oxygen atoms in total. The molecule has 5 heteroatoms. The average Bonchev–Trinajstić information content (AvgIpc) is 3.65. The van der Waals surface area contributed by atoms with Crippen molar-refractivity contribution in [3.8, 4) is 0 Å². The largest absolute Gasteiger partial charge is 0.299 e. The number of ketones is 5. The fourth-order valence-corrected chi connectivity index (χ4v) is 7.58. The molecule has 0 heterocycles. The normalized spacial score (nSPS) is 12.8. The van der Waals surface area contributed by atoms with E-state index >= 15 is 0 Å². The Labute approximate surface area is 315 Å². The Bertz CT molecular complexity index is 1880. The fourth-order valence-electron chi connectivity index (χ4n) is 7.58. The van der Waals surface area contributed by atoms with E-state index in [1.54, 1.807) is 24.3 Å². The standard InChI is InChI=1S/C48H54O5/c1-2-3-4-5-6-23-44(49)29-36-15-9-17-38(24-36)33-47(52)42-21-11-19-40(26-42)31-46(51)32-41-20-12-22-43(27-41)48(53)34-39-18-10-16-37(25-39)30-45(50)28-35-13-7-8-14-35/h9-12,15-22,24-27,35H,2-8,13-14,23,28-34H2,1H3. The number of hydrogen-bond acceptors (Lipinski definition) is 5. The third-order valence-electron chi connectivity index (χ3n) is 10.4. The maximum absolute atomic E-state index is 13.3. The summed E-state index contributed by atoms with van der Waals surface area (Å²) in [5.74, 6) is 0.962. The van der Waals surface area contributed by atoms with Gasteiger partial charge in [-0.25, -0.2) is 0 Å². The van der Waals surface area contributed by atoms with Gasteiger partial charge >= 0.3 is 0 Å². The van der Waals surface area contributed by atoms with Crippen LogP contribution in [0, 0.1) is 5.92 Å². The molecule has 1 aliphatic carbocycles. The Kier molecular flexibility index (Phi) is 15.2. The van der Waals surface area contributed by atoms with Crippen molar-refractivity contribution in [1.29, 1.82) is 0 Å². The highest BCUT2D eigenvalue weighted by Crippen LogP contribution is 2.28. The molecule has 4 aromatic carbocycles. The van der Waals surface area contributed by atoms with Gasteiger partial charge < -0.3 is 0 Å². The van der Waals surface area contributed by atoms with E-state index in [1.165, 1.54) is 32.1 Å². The van der Waals surface area contributed by atoms with Crippen molar-refractivity contribution in [2.45, 2.75) is 116 Å². The van der Waals surface area contributed by atoms with Crippen LogP contribution in [0.5, 0.6) is 0 Å². The van der Waals surface area contributed by atoms with E-state index in [2.05, 4.69) is 6.92 Å². The van der Waals surface area contributed by atoms with E-state index in [1.807, 2.05) is 72.8 Å². The first-order valence-corrected chi connectivity index (χ1v) is 19.7. The number of unbranched alkanes of at least 4 members (excludes halogenated alkanes) is 4. The SMILES string of the molecule is CCCCCCCC(=O)Cc1cccc(CC(=O)c2cccc(CC(=O)Cc3cccc(C(=O)Cc4cccc(CC(=O)CC5CCCC5)c4)c3)c2)c1. The molecule has 0 atom stereocenters. The lowest BCUT2D eigenvalue weighted by atomic mass is 9.94. The van der Waals surface area contributed by atoms with Gasteiger partial charge in [0.2, 0.25) is 0 Å². The summed E-state index contributed by atoms with van der Waals surface area (Å²) in [7, 11) is 0. The summed E-state index contributed by atoms with van der Waals surface area (Å²) in [5, 5.41) is 0. The Hall–Kier alpha value is -4.77. The van der Waals surface area contributed by atoms with Gasteiger partial charge in [0.05, 0.1) is 0 Å². The smallest absolute Gasteiger partial charge is 0.167 e. The summed E-state index contributed by atoms with van der Waals surface area (Å²) < 4.78 is 0. The first kappa shape index (κ1) is 39.4. The molecule has 1 saturated carbocycles. The minimum absolute atomic E-state index is 0.00287. The van der Waals surface area contributed by atoms with Crippen molar-refractivity contribution in [3.05, 3.63) is 142 Å². The Morgan fingerprint density at radius 3 is 1.40 bits per heavy atom. The topological polar surface area (TPSA) is 85.3 Å². The number of benzene rings is 4. The van der Waals surface area contributed by atoms with Gasteiger partial charge in [0.15, 0.2) is 11.6 Å². The van der Waals surface area contributed by atoms with Gasteiger partial charge in [-0.05, 0) is 57.9 Å². The molecule has 1 aliphatic rings. The van der Waals surface area contributed by atoms with Crippen molar-refractivity contribution in [1.82, 2.24) is 0 Å². The molecule has 4 aromatic rings. The van der Waals surface area contributed by atoms with E-state index in [-0.39, 0.29) is 54.6 Å². The maximum atomic E-state index is 13.3. The fraction of sp³-hybridized carbons (Fsp3) is 0.396. The summed E-state index contributed by atoms with van der Waals surface area (Å²) in [5.41, 5.74) is 6.29. The summed E-state index contributed by atoms with van der Waals surface area (Å²) in [4.78, 5) is 64.9. The van der Waals surface area contributed by atoms with Crippen molar-refractivity contribution >= 4 is 28.9 Å². The third kappa shape index (κ3) is 13.3. The molecule has 0 bridgehead atoms. The lowest BCUT2D eigenvalue weighted by molar-refractivity contribution is -0.119. The van der Waals surface area contributed by atoms with Crippen LogP contribution in [-0.4, -0.2) is 28.9 Å². The van der Waals surface area contributed by atoms with Crippen LogP contribution in [0.2, 0.25) is 0 Å². The zero-order valence-corrected chi connectivity index (χ0v) is 31.4. The van der Waals surface area contributed by atoms with Crippen LogP contribution >= 0.6 is 0 Å². The number of Topliss-reactive ketones (excluding diaryl/α,β-unsaturated/α-hetero) is 5. The van der Waals surface area contributed by atoms with Gasteiger partial charge in [-0.1, -0.05) is 143 Å². The van der Waals surface area contributed by atoms with Crippen LogP contribution in [-0.2, 0) is 52.9 Å². The first-order valence-electron chi connectivity index (χ1n) is 19.7. The molecule has 276 valence electrons. The van der Waals surface area contributed by atoms with Gasteiger partial charge in [-0.15, -0.1) is 0 Å². The Morgan fingerprint density at radius 1 is 0.472 bits per heavy atom. The number of carbonyl (C=O) groups is 5.